The molecule has 4 nitrogen and oxygen atoms in total. The van der Waals surface area contributed by atoms with Crippen LogP contribution in [0.5, 0.6) is 0 Å². The SMILES string of the molecule is CC1=C(C(=O)C(C)(C)CN)N2C(=O)CC2SC1. The van der Waals surface area contributed by atoms with Crippen LogP contribution in [0.25, 0.3) is 0 Å². The van der Waals surface area contributed by atoms with Crippen LogP contribution >= 0.6 is 11.8 Å². The highest BCUT2D eigenvalue weighted by Crippen LogP contribution is 2.41. The summed E-state index contributed by atoms with van der Waals surface area (Å²) >= 11 is 1.73. The molecule has 1 unspecified atom stereocenters. The van der Waals surface area contributed by atoms with E-state index in [1.54, 1.807) is 16.7 Å². The zero-order chi connectivity index (χ0) is 12.8. The van der Waals surface area contributed by atoms with Gasteiger partial charge in [0.05, 0.1) is 17.5 Å². The molecule has 1 amide bonds. The number of Topliss-reactive ketones (excluding diaryl/α,β-unsaturated/α-hetero) is 1. The zero-order valence-corrected chi connectivity index (χ0v) is 11.3. The van der Waals surface area contributed by atoms with E-state index in [9.17, 15) is 9.59 Å². The van der Waals surface area contributed by atoms with Crippen LogP contribution in [0.4, 0.5) is 0 Å². The Kier molecular flexibility index (Phi) is 3.08. The van der Waals surface area contributed by atoms with Crippen molar-refractivity contribution < 1.29 is 9.59 Å². The number of nitrogens with two attached hydrogens (primary N) is 1. The fraction of sp³-hybridized carbons (Fsp3) is 0.667. The molecule has 2 N–H and O–H groups in total. The first-order chi connectivity index (χ1) is 7.88. The molecular formula is C12H18N2O2S. The standard InChI is InChI=1S/C12H18N2O2S/c1-7-5-17-9-4-8(15)14(9)10(7)11(16)12(2,3)6-13/h9H,4-6,13H2,1-3H3. The number of hydrogen-bond acceptors (Lipinski definition) is 4. The van der Waals surface area contributed by atoms with E-state index < -0.39 is 5.41 Å². The summed E-state index contributed by atoms with van der Waals surface area (Å²) in [4.78, 5) is 25.7. The first kappa shape index (κ1) is 12.6. The molecule has 2 aliphatic rings. The van der Waals surface area contributed by atoms with Crippen LogP contribution < -0.4 is 5.73 Å². The van der Waals surface area contributed by atoms with Crippen LogP contribution in [-0.2, 0) is 9.59 Å². The number of allylic oxidation sites excluding steroid dienone is 1. The quantitative estimate of drug-likeness (QED) is 0.767. The molecule has 1 saturated heterocycles. The predicted molar refractivity (Wildman–Crippen MR) is 68.3 cm³/mol. The van der Waals surface area contributed by atoms with Gasteiger partial charge in [-0.25, -0.2) is 0 Å². The van der Waals surface area contributed by atoms with E-state index in [1.807, 2.05) is 20.8 Å². The minimum atomic E-state index is -0.598. The Labute approximate surface area is 106 Å². The second-order valence-corrected chi connectivity index (χ2v) is 6.45. The maximum absolute atomic E-state index is 12.5. The van der Waals surface area contributed by atoms with Gasteiger partial charge in [0.1, 0.15) is 0 Å². The van der Waals surface area contributed by atoms with Crippen molar-refractivity contribution in [3.05, 3.63) is 11.3 Å². The Morgan fingerprint density at radius 1 is 1.59 bits per heavy atom. The van der Waals surface area contributed by atoms with Crippen molar-refractivity contribution in [2.24, 2.45) is 11.1 Å². The van der Waals surface area contributed by atoms with Gasteiger partial charge in [-0.1, -0.05) is 13.8 Å². The topological polar surface area (TPSA) is 63.4 Å². The van der Waals surface area contributed by atoms with E-state index in [0.717, 1.165) is 11.3 Å². The van der Waals surface area contributed by atoms with Crippen LogP contribution in [0.2, 0.25) is 0 Å². The van der Waals surface area contributed by atoms with Gasteiger partial charge >= 0.3 is 0 Å². The van der Waals surface area contributed by atoms with Crippen molar-refractivity contribution in [1.82, 2.24) is 4.90 Å². The molecule has 2 heterocycles. The minimum Gasteiger partial charge on any atom is -0.329 e. The minimum absolute atomic E-state index is 0.00384. The summed E-state index contributed by atoms with van der Waals surface area (Å²) < 4.78 is 0. The Morgan fingerprint density at radius 3 is 2.76 bits per heavy atom. The maximum atomic E-state index is 12.5. The summed E-state index contributed by atoms with van der Waals surface area (Å²) in [5.74, 6) is 0.879. The van der Waals surface area contributed by atoms with Crippen molar-refractivity contribution in [3.63, 3.8) is 0 Å². The second-order valence-electron chi connectivity index (χ2n) is 5.28. The molecule has 0 spiro atoms. The van der Waals surface area contributed by atoms with Crippen molar-refractivity contribution in [2.75, 3.05) is 12.3 Å². The van der Waals surface area contributed by atoms with E-state index in [4.69, 9.17) is 5.73 Å². The lowest BCUT2D eigenvalue weighted by Gasteiger charge is -2.45. The van der Waals surface area contributed by atoms with Gasteiger partial charge < -0.3 is 5.73 Å². The summed E-state index contributed by atoms with van der Waals surface area (Å²) in [5, 5.41) is 0.165. The molecule has 0 radical (unpaired) electrons. The van der Waals surface area contributed by atoms with E-state index >= 15 is 0 Å². The van der Waals surface area contributed by atoms with Gasteiger partial charge in [0, 0.05) is 17.7 Å². The summed E-state index contributed by atoms with van der Waals surface area (Å²) in [6.07, 6.45) is 0.553. The van der Waals surface area contributed by atoms with Gasteiger partial charge in [-0.2, -0.15) is 0 Å². The molecule has 5 heteroatoms. The third-order valence-electron chi connectivity index (χ3n) is 3.38. The molecule has 1 fully saturated rings. The molecule has 94 valence electrons. The molecule has 0 aliphatic carbocycles. The summed E-state index contributed by atoms with van der Waals surface area (Å²) in [6, 6.07) is 0. The van der Waals surface area contributed by atoms with Gasteiger partial charge in [-0.15, -0.1) is 11.8 Å². The second kappa shape index (κ2) is 4.14. The molecule has 2 aliphatic heterocycles. The monoisotopic (exact) mass is 254 g/mol. The first-order valence-electron chi connectivity index (χ1n) is 5.77. The number of ketones is 1. The van der Waals surface area contributed by atoms with E-state index in [2.05, 4.69) is 0 Å². The molecule has 0 bridgehead atoms. The Morgan fingerprint density at radius 2 is 2.24 bits per heavy atom. The Bertz CT molecular complexity index is 415. The van der Waals surface area contributed by atoms with E-state index in [1.165, 1.54) is 0 Å². The summed E-state index contributed by atoms with van der Waals surface area (Å²) in [6.45, 7) is 5.88. The van der Waals surface area contributed by atoms with Gasteiger partial charge in [-0.3, -0.25) is 14.5 Å². The number of nitrogens with zero attached hydrogens (tertiary/aromatic N) is 1. The summed E-state index contributed by atoms with van der Waals surface area (Å²) in [5.41, 5.74) is 6.63. The molecule has 0 saturated carbocycles. The highest BCUT2D eigenvalue weighted by atomic mass is 32.2. The maximum Gasteiger partial charge on any atom is 0.231 e. The highest BCUT2D eigenvalue weighted by Gasteiger charge is 2.46. The lowest BCUT2D eigenvalue weighted by atomic mass is 9.84. The molecule has 0 aromatic carbocycles. The van der Waals surface area contributed by atoms with Crippen LogP contribution in [0.3, 0.4) is 0 Å². The van der Waals surface area contributed by atoms with Crippen molar-refractivity contribution in [1.29, 1.82) is 0 Å². The van der Waals surface area contributed by atoms with E-state index in [-0.39, 0.29) is 17.1 Å². The summed E-state index contributed by atoms with van der Waals surface area (Å²) in [7, 11) is 0. The van der Waals surface area contributed by atoms with Crippen LogP contribution in [0.1, 0.15) is 27.2 Å². The fourth-order valence-corrected chi connectivity index (χ4v) is 3.21. The largest absolute Gasteiger partial charge is 0.329 e. The highest BCUT2D eigenvalue weighted by molar-refractivity contribution is 8.00. The normalized spacial score (nSPS) is 24.6. The average molecular weight is 254 g/mol. The molecule has 17 heavy (non-hydrogen) atoms. The molecule has 0 aromatic heterocycles. The zero-order valence-electron chi connectivity index (χ0n) is 10.4. The Hall–Kier alpha value is -0.810. The number of β-lactam (4-membered cyclic amide) rings is 1. The van der Waals surface area contributed by atoms with Crippen LogP contribution in [0, 0.1) is 5.41 Å². The number of carbonyl (C=O) groups excluding carboxylic acids is 2. The number of fused-ring (bicyclic) bond motifs is 1. The van der Waals surface area contributed by atoms with Crippen LogP contribution in [-0.4, -0.2) is 34.3 Å². The van der Waals surface area contributed by atoms with Gasteiger partial charge in [0.15, 0.2) is 5.78 Å². The smallest absolute Gasteiger partial charge is 0.231 e. The number of hydrogen-bond donors (Lipinski definition) is 1. The molecule has 2 rings (SSSR count). The number of carbonyl (C=O) groups is 2. The van der Waals surface area contributed by atoms with Crippen LogP contribution in [0.15, 0.2) is 11.3 Å². The van der Waals surface area contributed by atoms with Crippen molar-refractivity contribution in [2.45, 2.75) is 32.6 Å². The third-order valence-corrected chi connectivity index (χ3v) is 4.75. The fourth-order valence-electron chi connectivity index (χ4n) is 2.00. The number of rotatable bonds is 3. The van der Waals surface area contributed by atoms with E-state index in [0.29, 0.717) is 18.7 Å². The van der Waals surface area contributed by atoms with Crippen molar-refractivity contribution in [3.8, 4) is 0 Å². The predicted octanol–water partition coefficient (Wildman–Crippen LogP) is 1.12. The average Bonchev–Trinajstić information content (AvgIpc) is 2.28. The number of thioether (sulfide) groups is 1. The van der Waals surface area contributed by atoms with Crippen molar-refractivity contribution >= 4 is 23.5 Å². The lowest BCUT2D eigenvalue weighted by molar-refractivity contribution is -0.142. The van der Waals surface area contributed by atoms with Gasteiger partial charge in [-0.05, 0) is 12.5 Å². The molecule has 1 atom stereocenters. The van der Waals surface area contributed by atoms with Gasteiger partial charge in [0.25, 0.3) is 0 Å². The third kappa shape index (κ3) is 1.91. The molecule has 0 aromatic rings. The lowest BCUT2D eigenvalue weighted by Crippen LogP contribution is -2.55. The van der Waals surface area contributed by atoms with Gasteiger partial charge in [0.2, 0.25) is 5.91 Å². The molecular weight excluding hydrogens is 236 g/mol. The Balaban J connectivity index is 2.35. The first-order valence-corrected chi connectivity index (χ1v) is 6.81. The number of amides is 1.